The minimum absolute atomic E-state index is 0.0450. The molecule has 0 heterocycles. The van der Waals surface area contributed by atoms with E-state index < -0.39 is 11.9 Å². The van der Waals surface area contributed by atoms with E-state index in [4.69, 9.17) is 4.74 Å². The van der Waals surface area contributed by atoms with Gasteiger partial charge in [0.2, 0.25) is 11.8 Å². The number of rotatable bonds is 10. The molecule has 2 rings (SSSR count). The fourth-order valence-corrected chi connectivity index (χ4v) is 2.79. The molecule has 0 aliphatic carbocycles. The maximum absolute atomic E-state index is 14.1. The molecule has 5 nitrogen and oxygen atoms in total. The van der Waals surface area contributed by atoms with Gasteiger partial charge in [-0.2, -0.15) is 0 Å². The van der Waals surface area contributed by atoms with Crippen molar-refractivity contribution < 1.29 is 18.7 Å². The average molecular weight is 386 g/mol. The normalized spacial score (nSPS) is 11.5. The van der Waals surface area contributed by atoms with E-state index in [0.717, 1.165) is 5.75 Å². The van der Waals surface area contributed by atoms with Crippen molar-refractivity contribution in [2.75, 3.05) is 13.2 Å². The number of benzene rings is 2. The van der Waals surface area contributed by atoms with Crippen LogP contribution in [0.3, 0.4) is 0 Å². The second-order valence-corrected chi connectivity index (χ2v) is 6.45. The Morgan fingerprint density at radius 2 is 1.79 bits per heavy atom. The van der Waals surface area contributed by atoms with Gasteiger partial charge in [-0.3, -0.25) is 9.59 Å². The first-order valence-electron chi connectivity index (χ1n) is 9.51. The van der Waals surface area contributed by atoms with Gasteiger partial charge in [-0.15, -0.1) is 0 Å². The van der Waals surface area contributed by atoms with Crippen LogP contribution in [0.25, 0.3) is 0 Å². The summed E-state index contributed by atoms with van der Waals surface area (Å²) < 4.78 is 19.7. The van der Waals surface area contributed by atoms with Crippen molar-refractivity contribution in [3.05, 3.63) is 66.0 Å². The van der Waals surface area contributed by atoms with Crippen molar-refractivity contribution in [3.63, 3.8) is 0 Å². The minimum Gasteiger partial charge on any atom is -0.494 e. The molecule has 0 aromatic heterocycles. The zero-order chi connectivity index (χ0) is 20.4. The number of nitrogens with zero attached hydrogens (tertiary/aromatic N) is 1. The molecule has 0 radical (unpaired) electrons. The third-order valence-corrected chi connectivity index (χ3v) is 4.36. The van der Waals surface area contributed by atoms with E-state index in [-0.39, 0.29) is 24.8 Å². The Morgan fingerprint density at radius 3 is 2.46 bits per heavy atom. The second-order valence-electron chi connectivity index (χ2n) is 6.45. The lowest BCUT2D eigenvalue weighted by molar-refractivity contribution is -0.140. The molecule has 150 valence electrons. The van der Waals surface area contributed by atoms with Gasteiger partial charge in [-0.05, 0) is 38.5 Å². The largest absolute Gasteiger partial charge is 0.494 e. The molecule has 0 fully saturated rings. The lowest BCUT2D eigenvalue weighted by Gasteiger charge is -2.29. The third kappa shape index (κ3) is 6.37. The third-order valence-electron chi connectivity index (χ3n) is 4.36. The number of carbonyl (C=O) groups excluding carboxylic acids is 2. The Balaban J connectivity index is 1.99. The molecular weight excluding hydrogens is 359 g/mol. The molecule has 1 atom stereocenters. The molecule has 0 saturated heterocycles. The number of carbonyl (C=O) groups is 2. The van der Waals surface area contributed by atoms with Crippen molar-refractivity contribution >= 4 is 11.8 Å². The van der Waals surface area contributed by atoms with Crippen LogP contribution in [-0.2, 0) is 16.1 Å². The number of amides is 2. The summed E-state index contributed by atoms with van der Waals surface area (Å²) in [6, 6.07) is 15.0. The smallest absolute Gasteiger partial charge is 0.242 e. The standard InChI is InChI=1S/C22H27FN2O3/c1-3-24-22(27)17(2)25(16-18-10-7-8-13-20(18)23)21(26)14-9-15-28-19-11-5-4-6-12-19/h4-8,10-13,17H,3,9,14-16H2,1-2H3,(H,24,27)/t17-/m1/s1. The van der Waals surface area contributed by atoms with Gasteiger partial charge in [0.05, 0.1) is 6.61 Å². The Kier molecular flexibility index (Phi) is 8.46. The van der Waals surface area contributed by atoms with E-state index in [0.29, 0.717) is 25.1 Å². The van der Waals surface area contributed by atoms with Crippen LogP contribution in [0.2, 0.25) is 0 Å². The zero-order valence-electron chi connectivity index (χ0n) is 16.4. The Bertz CT molecular complexity index is 767. The molecule has 2 aromatic carbocycles. The fourth-order valence-electron chi connectivity index (χ4n) is 2.79. The maximum atomic E-state index is 14.1. The molecule has 0 saturated carbocycles. The first-order valence-corrected chi connectivity index (χ1v) is 9.51. The van der Waals surface area contributed by atoms with Crippen LogP contribution in [0.1, 0.15) is 32.3 Å². The summed E-state index contributed by atoms with van der Waals surface area (Å²) in [6.45, 7) is 4.37. The first-order chi connectivity index (χ1) is 13.5. The monoisotopic (exact) mass is 386 g/mol. The lowest BCUT2D eigenvalue weighted by Crippen LogP contribution is -2.47. The van der Waals surface area contributed by atoms with Gasteiger partial charge in [0.1, 0.15) is 17.6 Å². The first kappa shape index (κ1) is 21.4. The Labute approximate surface area is 165 Å². The number of hydrogen-bond donors (Lipinski definition) is 1. The molecule has 0 bridgehead atoms. The van der Waals surface area contributed by atoms with Gasteiger partial charge < -0.3 is 15.0 Å². The highest BCUT2D eigenvalue weighted by Gasteiger charge is 2.26. The number of likely N-dealkylation sites (N-methyl/N-ethyl adjacent to an activating group) is 1. The highest BCUT2D eigenvalue weighted by molar-refractivity contribution is 5.87. The van der Waals surface area contributed by atoms with Crippen molar-refractivity contribution in [2.45, 2.75) is 39.3 Å². The highest BCUT2D eigenvalue weighted by atomic mass is 19.1. The molecule has 28 heavy (non-hydrogen) atoms. The van der Waals surface area contributed by atoms with E-state index in [9.17, 15) is 14.0 Å². The molecule has 0 unspecified atom stereocenters. The summed E-state index contributed by atoms with van der Waals surface area (Å²) in [5.74, 6) is -0.115. The lowest BCUT2D eigenvalue weighted by atomic mass is 10.1. The fraction of sp³-hybridized carbons (Fsp3) is 0.364. The van der Waals surface area contributed by atoms with Crippen molar-refractivity contribution in [1.29, 1.82) is 0 Å². The van der Waals surface area contributed by atoms with Crippen molar-refractivity contribution in [1.82, 2.24) is 10.2 Å². The average Bonchev–Trinajstić information content (AvgIpc) is 2.71. The Hall–Kier alpha value is -2.89. The van der Waals surface area contributed by atoms with E-state index in [1.807, 2.05) is 37.3 Å². The topological polar surface area (TPSA) is 58.6 Å². The quantitative estimate of drug-likeness (QED) is 0.636. The van der Waals surface area contributed by atoms with Gasteiger partial charge >= 0.3 is 0 Å². The number of para-hydroxylation sites is 1. The van der Waals surface area contributed by atoms with E-state index in [1.165, 1.54) is 11.0 Å². The van der Waals surface area contributed by atoms with Crippen LogP contribution in [-0.4, -0.2) is 35.9 Å². The second kappa shape index (κ2) is 11.1. The predicted octanol–water partition coefficient (Wildman–Crippen LogP) is 3.54. The van der Waals surface area contributed by atoms with E-state index >= 15 is 0 Å². The van der Waals surface area contributed by atoms with Gasteiger partial charge in [-0.1, -0.05) is 36.4 Å². The molecule has 1 N–H and O–H groups in total. The minimum atomic E-state index is -0.693. The van der Waals surface area contributed by atoms with Crippen molar-refractivity contribution in [3.8, 4) is 5.75 Å². The maximum Gasteiger partial charge on any atom is 0.242 e. The van der Waals surface area contributed by atoms with Crippen LogP contribution in [0.4, 0.5) is 4.39 Å². The number of halogens is 1. The van der Waals surface area contributed by atoms with Crippen LogP contribution in [0.5, 0.6) is 5.75 Å². The number of nitrogens with one attached hydrogen (secondary N) is 1. The summed E-state index contributed by atoms with van der Waals surface area (Å²) >= 11 is 0. The van der Waals surface area contributed by atoms with Crippen LogP contribution in [0, 0.1) is 5.82 Å². The number of hydrogen-bond acceptors (Lipinski definition) is 3. The summed E-state index contributed by atoms with van der Waals surface area (Å²) in [5, 5.41) is 2.72. The van der Waals surface area contributed by atoms with Gasteiger partial charge in [0.25, 0.3) is 0 Å². The van der Waals surface area contributed by atoms with E-state index in [2.05, 4.69) is 5.32 Å². The van der Waals surface area contributed by atoms with Crippen LogP contribution < -0.4 is 10.1 Å². The molecule has 0 spiro atoms. The summed E-state index contributed by atoms with van der Waals surface area (Å²) in [5.41, 5.74) is 0.382. The Morgan fingerprint density at radius 1 is 1.11 bits per heavy atom. The van der Waals surface area contributed by atoms with Crippen LogP contribution in [0.15, 0.2) is 54.6 Å². The predicted molar refractivity (Wildman–Crippen MR) is 106 cm³/mol. The van der Waals surface area contributed by atoms with Gasteiger partial charge in [0, 0.05) is 25.1 Å². The molecule has 6 heteroatoms. The van der Waals surface area contributed by atoms with E-state index in [1.54, 1.807) is 25.1 Å². The van der Waals surface area contributed by atoms with Crippen LogP contribution >= 0.6 is 0 Å². The summed E-state index contributed by atoms with van der Waals surface area (Å²) in [7, 11) is 0. The molecule has 2 aromatic rings. The summed E-state index contributed by atoms with van der Waals surface area (Å²) in [6.07, 6.45) is 0.717. The summed E-state index contributed by atoms with van der Waals surface area (Å²) in [4.78, 5) is 26.5. The molecule has 0 aliphatic heterocycles. The SMILES string of the molecule is CCNC(=O)[C@@H](C)N(Cc1ccccc1F)C(=O)CCCOc1ccccc1. The molecular formula is C22H27FN2O3. The van der Waals surface area contributed by atoms with Gasteiger partial charge in [0.15, 0.2) is 0 Å². The van der Waals surface area contributed by atoms with Crippen molar-refractivity contribution in [2.24, 2.45) is 0 Å². The van der Waals surface area contributed by atoms with Gasteiger partial charge in [-0.25, -0.2) is 4.39 Å². The highest BCUT2D eigenvalue weighted by Crippen LogP contribution is 2.15. The number of ether oxygens (including phenoxy) is 1. The molecule has 2 amide bonds. The molecule has 0 aliphatic rings. The zero-order valence-corrected chi connectivity index (χ0v) is 16.4.